The highest BCUT2D eigenvalue weighted by Crippen LogP contribution is 2.38. The van der Waals surface area contributed by atoms with Gasteiger partial charge < -0.3 is 9.15 Å². The molecule has 0 saturated heterocycles. The first-order valence-corrected chi connectivity index (χ1v) is 9.16. The fourth-order valence-electron chi connectivity index (χ4n) is 3.74. The molecule has 4 aromatic rings. The van der Waals surface area contributed by atoms with Crippen LogP contribution >= 0.6 is 0 Å². The highest BCUT2D eigenvalue weighted by molar-refractivity contribution is 5.84. The molecular weight excluding hydrogens is 336 g/mol. The topological polar surface area (TPSA) is 39.4 Å². The summed E-state index contributed by atoms with van der Waals surface area (Å²) in [6.45, 7) is 0. The highest BCUT2D eigenvalue weighted by Gasteiger charge is 2.26. The van der Waals surface area contributed by atoms with Gasteiger partial charge in [-0.15, -0.1) is 0 Å². The Kier molecular flexibility index (Phi) is 3.79. The van der Waals surface area contributed by atoms with Crippen LogP contribution in [0, 0.1) is 0 Å². The van der Waals surface area contributed by atoms with Gasteiger partial charge in [-0.05, 0) is 41.7 Å². The van der Waals surface area contributed by atoms with E-state index >= 15 is 0 Å². The van der Waals surface area contributed by atoms with E-state index in [1.807, 2.05) is 36.4 Å². The molecule has 1 unspecified atom stereocenters. The summed E-state index contributed by atoms with van der Waals surface area (Å²) in [6.07, 6.45) is 1.36. The van der Waals surface area contributed by atoms with E-state index in [9.17, 15) is 4.79 Å². The van der Waals surface area contributed by atoms with Crippen LogP contribution in [0.4, 0.5) is 0 Å². The molecule has 132 valence electrons. The van der Waals surface area contributed by atoms with Crippen LogP contribution in [0.2, 0.25) is 0 Å². The predicted octanol–water partition coefficient (Wildman–Crippen LogP) is 5.53. The number of benzene rings is 3. The molecule has 0 saturated carbocycles. The molecule has 0 bridgehead atoms. The number of hydrogen-bond donors (Lipinski definition) is 0. The summed E-state index contributed by atoms with van der Waals surface area (Å²) in [5.41, 5.74) is 4.43. The van der Waals surface area contributed by atoms with Gasteiger partial charge in [0, 0.05) is 0 Å². The molecule has 1 aliphatic rings. The second kappa shape index (κ2) is 6.44. The fourth-order valence-corrected chi connectivity index (χ4v) is 3.74. The van der Waals surface area contributed by atoms with E-state index in [2.05, 4.69) is 36.4 Å². The minimum absolute atomic E-state index is 0.0625. The maximum atomic E-state index is 12.3. The van der Waals surface area contributed by atoms with Crippen LogP contribution in [0.15, 0.2) is 88.1 Å². The number of ether oxygens (including phenoxy) is 1. The molecule has 3 heteroatoms. The van der Waals surface area contributed by atoms with Gasteiger partial charge in [-0.1, -0.05) is 66.7 Å². The summed E-state index contributed by atoms with van der Waals surface area (Å²) in [5, 5.41) is 0.859. The van der Waals surface area contributed by atoms with E-state index in [4.69, 9.17) is 9.15 Å². The average Bonchev–Trinajstić information content (AvgIpc) is 2.74. The maximum absolute atomic E-state index is 12.3. The van der Waals surface area contributed by atoms with Crippen molar-refractivity contribution in [2.24, 2.45) is 0 Å². The van der Waals surface area contributed by atoms with Gasteiger partial charge in [0.1, 0.15) is 17.4 Å². The molecule has 0 radical (unpaired) electrons. The number of rotatable bonds is 2. The third kappa shape index (κ3) is 2.81. The van der Waals surface area contributed by atoms with Gasteiger partial charge in [0.15, 0.2) is 0 Å². The van der Waals surface area contributed by atoms with Crippen LogP contribution in [0.1, 0.15) is 23.7 Å². The van der Waals surface area contributed by atoms with E-state index in [1.54, 1.807) is 6.07 Å². The minimum Gasteiger partial charge on any atom is -0.484 e. The smallest absolute Gasteiger partial charge is 0.343 e. The van der Waals surface area contributed by atoms with Crippen molar-refractivity contribution in [3.05, 3.63) is 100 Å². The van der Waals surface area contributed by atoms with Crippen molar-refractivity contribution >= 4 is 11.0 Å². The monoisotopic (exact) mass is 354 g/mol. The molecule has 5 rings (SSSR count). The molecule has 0 aliphatic carbocycles. The molecule has 1 atom stereocenters. The van der Waals surface area contributed by atoms with Crippen molar-refractivity contribution in [1.29, 1.82) is 0 Å². The summed E-state index contributed by atoms with van der Waals surface area (Å²) in [4.78, 5) is 12.3. The highest BCUT2D eigenvalue weighted by atomic mass is 16.5. The lowest BCUT2D eigenvalue weighted by Crippen LogP contribution is -2.21. The molecule has 3 aromatic carbocycles. The molecular formula is C24H18O3. The van der Waals surface area contributed by atoms with Crippen LogP contribution in [-0.2, 0) is 6.42 Å². The second-order valence-electron chi connectivity index (χ2n) is 6.83. The van der Waals surface area contributed by atoms with Crippen molar-refractivity contribution in [3.8, 4) is 16.9 Å². The Morgan fingerprint density at radius 1 is 0.778 bits per heavy atom. The minimum atomic E-state index is -0.290. The van der Waals surface area contributed by atoms with Crippen molar-refractivity contribution in [3.63, 3.8) is 0 Å². The number of para-hydroxylation sites is 1. The lowest BCUT2D eigenvalue weighted by Gasteiger charge is -2.26. The van der Waals surface area contributed by atoms with Crippen LogP contribution in [-0.4, -0.2) is 0 Å². The quantitative estimate of drug-likeness (QED) is 0.445. The van der Waals surface area contributed by atoms with Crippen LogP contribution in [0.5, 0.6) is 5.75 Å². The molecule has 3 nitrogen and oxygen atoms in total. The summed E-state index contributed by atoms with van der Waals surface area (Å²) < 4.78 is 11.7. The van der Waals surface area contributed by atoms with Gasteiger partial charge >= 0.3 is 5.63 Å². The Hall–Kier alpha value is -3.33. The summed E-state index contributed by atoms with van der Waals surface area (Å²) in [5.74, 6) is 0.672. The number of fused-ring (bicyclic) bond motifs is 3. The normalized spacial score (nSPS) is 15.9. The first kappa shape index (κ1) is 15.9. The Morgan fingerprint density at radius 3 is 2.30 bits per heavy atom. The maximum Gasteiger partial charge on any atom is 0.343 e. The summed E-state index contributed by atoms with van der Waals surface area (Å²) in [7, 11) is 0. The van der Waals surface area contributed by atoms with Crippen molar-refractivity contribution in [2.75, 3.05) is 0 Å². The largest absolute Gasteiger partial charge is 0.484 e. The molecule has 27 heavy (non-hydrogen) atoms. The zero-order chi connectivity index (χ0) is 18.2. The first-order chi connectivity index (χ1) is 13.3. The van der Waals surface area contributed by atoms with Crippen LogP contribution in [0.25, 0.3) is 22.1 Å². The van der Waals surface area contributed by atoms with Crippen molar-refractivity contribution < 1.29 is 9.15 Å². The van der Waals surface area contributed by atoms with Gasteiger partial charge in [0.05, 0.1) is 10.9 Å². The standard InChI is InChI=1S/C24H18O3/c25-24-20-14-15-21(26-23(20)19-8-4-5-9-22(19)27-24)18-12-10-17(11-13-18)16-6-2-1-3-7-16/h1-13,21H,14-15H2. The van der Waals surface area contributed by atoms with E-state index in [-0.39, 0.29) is 11.7 Å². The molecule has 1 aromatic heterocycles. The molecule has 1 aliphatic heterocycles. The molecule has 2 heterocycles. The Morgan fingerprint density at radius 2 is 1.48 bits per heavy atom. The third-order valence-electron chi connectivity index (χ3n) is 5.16. The van der Waals surface area contributed by atoms with Crippen molar-refractivity contribution in [2.45, 2.75) is 18.9 Å². The lowest BCUT2D eigenvalue weighted by atomic mass is 9.95. The molecule has 0 fully saturated rings. The number of hydrogen-bond acceptors (Lipinski definition) is 3. The van der Waals surface area contributed by atoms with Crippen LogP contribution < -0.4 is 10.4 Å². The molecule has 0 amide bonds. The zero-order valence-electron chi connectivity index (χ0n) is 14.7. The van der Waals surface area contributed by atoms with E-state index in [0.29, 0.717) is 23.3 Å². The van der Waals surface area contributed by atoms with Gasteiger partial charge in [-0.2, -0.15) is 0 Å². The Labute approximate surface area is 156 Å². The first-order valence-electron chi connectivity index (χ1n) is 9.16. The third-order valence-corrected chi connectivity index (χ3v) is 5.16. The van der Waals surface area contributed by atoms with Gasteiger partial charge in [-0.3, -0.25) is 0 Å². The lowest BCUT2D eigenvalue weighted by molar-refractivity contribution is 0.176. The Balaban J connectivity index is 1.50. The van der Waals surface area contributed by atoms with E-state index < -0.39 is 0 Å². The SMILES string of the molecule is O=c1oc2ccccc2c2c1CCC(c1ccc(-c3ccccc3)cc1)O2. The van der Waals surface area contributed by atoms with E-state index in [0.717, 1.165) is 17.4 Å². The second-order valence-corrected chi connectivity index (χ2v) is 6.83. The van der Waals surface area contributed by atoms with Crippen LogP contribution in [0.3, 0.4) is 0 Å². The molecule has 0 N–H and O–H groups in total. The zero-order valence-corrected chi connectivity index (χ0v) is 14.7. The fraction of sp³-hybridized carbons (Fsp3) is 0.125. The summed E-state index contributed by atoms with van der Waals surface area (Å²) in [6, 6.07) is 26.3. The Bertz CT molecular complexity index is 1160. The predicted molar refractivity (Wildman–Crippen MR) is 106 cm³/mol. The van der Waals surface area contributed by atoms with Gasteiger partial charge in [0.2, 0.25) is 0 Å². The average molecular weight is 354 g/mol. The van der Waals surface area contributed by atoms with Gasteiger partial charge in [0.25, 0.3) is 0 Å². The van der Waals surface area contributed by atoms with Crippen molar-refractivity contribution in [1.82, 2.24) is 0 Å². The molecule has 0 spiro atoms. The summed E-state index contributed by atoms with van der Waals surface area (Å²) >= 11 is 0. The van der Waals surface area contributed by atoms with Gasteiger partial charge in [-0.25, -0.2) is 4.79 Å². The van der Waals surface area contributed by atoms with E-state index in [1.165, 1.54) is 11.1 Å².